The molecule has 0 fully saturated rings. The van der Waals surface area contributed by atoms with Crippen molar-refractivity contribution in [1.29, 1.82) is 0 Å². The van der Waals surface area contributed by atoms with Crippen LogP contribution in [0.5, 0.6) is 0 Å². The third-order valence-electron chi connectivity index (χ3n) is 9.34. The lowest BCUT2D eigenvalue weighted by atomic mass is 10.0. The van der Waals surface area contributed by atoms with E-state index in [1.165, 1.54) is 86.3 Å². The highest BCUT2D eigenvalue weighted by molar-refractivity contribution is 7.26. The van der Waals surface area contributed by atoms with E-state index in [1.807, 2.05) is 11.3 Å². The minimum absolute atomic E-state index is 1.17. The van der Waals surface area contributed by atoms with Gasteiger partial charge in [-0.25, -0.2) is 0 Å². The Hall–Kier alpha value is -5.64. The quantitative estimate of drug-likeness (QED) is 0.194. The van der Waals surface area contributed by atoms with Crippen molar-refractivity contribution in [3.8, 4) is 22.5 Å². The van der Waals surface area contributed by atoms with Gasteiger partial charge in [0, 0.05) is 42.7 Å². The highest BCUT2D eigenvalue weighted by Gasteiger charge is 2.17. The van der Waals surface area contributed by atoms with Crippen molar-refractivity contribution < 1.29 is 0 Å². The SMILES string of the molecule is c1ccc2c(c1)sc1c(-n3c4ccccc4c4ccc(-c5ccc(-n6c7ccccc7c7ccccc76)cc5)cc43)cccc12. The molecule has 210 valence electrons. The van der Waals surface area contributed by atoms with Crippen molar-refractivity contribution in [1.82, 2.24) is 9.13 Å². The van der Waals surface area contributed by atoms with E-state index >= 15 is 0 Å². The zero-order valence-corrected chi connectivity index (χ0v) is 25.1. The van der Waals surface area contributed by atoms with Crippen molar-refractivity contribution in [3.63, 3.8) is 0 Å². The Morgan fingerprint density at radius 3 is 1.58 bits per heavy atom. The van der Waals surface area contributed by atoms with Gasteiger partial charge in [-0.1, -0.05) is 109 Å². The summed E-state index contributed by atoms with van der Waals surface area (Å²) in [4.78, 5) is 0. The maximum absolute atomic E-state index is 2.47. The summed E-state index contributed by atoms with van der Waals surface area (Å²) < 4.78 is 7.49. The predicted octanol–water partition coefficient (Wildman–Crippen LogP) is 11.9. The van der Waals surface area contributed by atoms with E-state index in [1.54, 1.807) is 0 Å². The highest BCUT2D eigenvalue weighted by atomic mass is 32.1. The van der Waals surface area contributed by atoms with Gasteiger partial charge in [-0.2, -0.15) is 0 Å². The van der Waals surface area contributed by atoms with Crippen LogP contribution in [0.15, 0.2) is 158 Å². The smallest absolute Gasteiger partial charge is 0.0640 e. The van der Waals surface area contributed by atoms with Crippen LogP contribution in [0.2, 0.25) is 0 Å². The number of thiophene rings is 1. The van der Waals surface area contributed by atoms with Crippen LogP contribution in [0.1, 0.15) is 0 Å². The molecule has 10 rings (SSSR count). The summed E-state index contributed by atoms with van der Waals surface area (Å²) in [6, 6.07) is 57.6. The minimum atomic E-state index is 1.17. The van der Waals surface area contributed by atoms with E-state index in [9.17, 15) is 0 Å². The van der Waals surface area contributed by atoms with Crippen LogP contribution in [0.3, 0.4) is 0 Å². The molecule has 0 aliphatic heterocycles. The van der Waals surface area contributed by atoms with Crippen LogP contribution in [0, 0.1) is 0 Å². The number of hydrogen-bond acceptors (Lipinski definition) is 1. The Kier molecular flexibility index (Phi) is 5.19. The third-order valence-corrected chi connectivity index (χ3v) is 10.5. The van der Waals surface area contributed by atoms with E-state index in [0.717, 1.165) is 0 Å². The fourth-order valence-electron chi connectivity index (χ4n) is 7.32. The minimum Gasteiger partial charge on any atom is -0.309 e. The van der Waals surface area contributed by atoms with Crippen molar-refractivity contribution in [3.05, 3.63) is 158 Å². The molecule has 0 bridgehead atoms. The topological polar surface area (TPSA) is 9.86 Å². The van der Waals surface area contributed by atoms with E-state index in [4.69, 9.17) is 0 Å². The van der Waals surface area contributed by atoms with Gasteiger partial charge in [0.05, 0.1) is 32.5 Å². The highest BCUT2D eigenvalue weighted by Crippen LogP contribution is 2.41. The summed E-state index contributed by atoms with van der Waals surface area (Å²) in [6.07, 6.45) is 0. The maximum atomic E-state index is 2.47. The fraction of sp³-hybridized carbons (Fsp3) is 0. The summed E-state index contributed by atoms with van der Waals surface area (Å²) in [5, 5.41) is 7.75. The van der Waals surface area contributed by atoms with Crippen molar-refractivity contribution in [2.24, 2.45) is 0 Å². The van der Waals surface area contributed by atoms with Gasteiger partial charge < -0.3 is 9.13 Å². The molecule has 0 radical (unpaired) electrons. The lowest BCUT2D eigenvalue weighted by Crippen LogP contribution is -1.95. The lowest BCUT2D eigenvalue weighted by Gasteiger charge is -2.11. The first-order valence-electron chi connectivity index (χ1n) is 15.4. The molecule has 0 amide bonds. The first kappa shape index (κ1) is 24.8. The molecular weight excluding hydrogens is 565 g/mol. The molecule has 0 atom stereocenters. The molecule has 0 unspecified atom stereocenters. The first-order chi connectivity index (χ1) is 22.3. The van der Waals surface area contributed by atoms with Crippen LogP contribution in [-0.4, -0.2) is 9.13 Å². The molecule has 0 saturated heterocycles. The average Bonchev–Trinajstić information content (AvgIpc) is 3.76. The molecule has 10 aromatic rings. The van der Waals surface area contributed by atoms with E-state index < -0.39 is 0 Å². The standard InChI is InChI=1S/C42H26N2S/c1-5-15-36-30(10-1)31-11-2-6-16-37(31)43(36)29-23-20-27(21-24-29)28-22-25-33-32-12-3-7-17-38(32)44(40(33)26-28)39-18-9-14-35-34-13-4-8-19-41(34)45-42(35)39/h1-26H. The summed E-state index contributed by atoms with van der Waals surface area (Å²) in [7, 11) is 0. The second kappa shape index (κ2) is 9.43. The Morgan fingerprint density at radius 1 is 0.356 bits per heavy atom. The number of rotatable bonds is 3. The largest absolute Gasteiger partial charge is 0.309 e. The van der Waals surface area contributed by atoms with Crippen molar-refractivity contribution in [2.75, 3.05) is 0 Å². The number of fused-ring (bicyclic) bond motifs is 9. The fourth-order valence-corrected chi connectivity index (χ4v) is 8.53. The van der Waals surface area contributed by atoms with Crippen LogP contribution < -0.4 is 0 Å². The molecule has 3 heteroatoms. The van der Waals surface area contributed by atoms with Crippen molar-refractivity contribution in [2.45, 2.75) is 0 Å². The Labute approximate surface area is 263 Å². The molecule has 0 saturated carbocycles. The monoisotopic (exact) mass is 590 g/mol. The molecular formula is C42H26N2S. The van der Waals surface area contributed by atoms with E-state index in [0.29, 0.717) is 0 Å². The van der Waals surface area contributed by atoms with Gasteiger partial charge in [0.25, 0.3) is 0 Å². The Balaban J connectivity index is 1.16. The number of nitrogens with zero attached hydrogens (tertiary/aromatic N) is 2. The van der Waals surface area contributed by atoms with Gasteiger partial charge in [0.15, 0.2) is 0 Å². The van der Waals surface area contributed by atoms with Gasteiger partial charge in [-0.05, 0) is 59.7 Å². The molecule has 0 N–H and O–H groups in total. The number of para-hydroxylation sites is 3. The molecule has 3 aromatic heterocycles. The first-order valence-corrected chi connectivity index (χ1v) is 16.2. The average molecular weight is 591 g/mol. The number of benzene rings is 7. The van der Waals surface area contributed by atoms with Crippen LogP contribution in [0.4, 0.5) is 0 Å². The van der Waals surface area contributed by atoms with Crippen LogP contribution >= 0.6 is 11.3 Å². The molecule has 0 aliphatic rings. The second-order valence-electron chi connectivity index (χ2n) is 11.8. The second-order valence-corrected chi connectivity index (χ2v) is 12.8. The van der Waals surface area contributed by atoms with Gasteiger partial charge in [-0.3, -0.25) is 0 Å². The Bertz CT molecular complexity index is 2700. The zero-order valence-electron chi connectivity index (χ0n) is 24.3. The summed E-state index contributed by atoms with van der Waals surface area (Å²) in [5.41, 5.74) is 9.74. The van der Waals surface area contributed by atoms with E-state index in [-0.39, 0.29) is 0 Å². The molecule has 7 aromatic carbocycles. The molecule has 45 heavy (non-hydrogen) atoms. The molecule has 0 spiro atoms. The lowest BCUT2D eigenvalue weighted by molar-refractivity contribution is 1.18. The number of hydrogen-bond donors (Lipinski definition) is 0. The third kappa shape index (κ3) is 3.56. The predicted molar refractivity (Wildman–Crippen MR) is 193 cm³/mol. The maximum Gasteiger partial charge on any atom is 0.0640 e. The van der Waals surface area contributed by atoms with Crippen LogP contribution in [0.25, 0.3) is 86.3 Å². The Morgan fingerprint density at radius 2 is 0.889 bits per heavy atom. The van der Waals surface area contributed by atoms with Gasteiger partial charge >= 0.3 is 0 Å². The van der Waals surface area contributed by atoms with E-state index in [2.05, 4.69) is 167 Å². The normalized spacial score (nSPS) is 12.0. The molecule has 2 nitrogen and oxygen atoms in total. The summed E-state index contributed by atoms with van der Waals surface area (Å²) in [5.74, 6) is 0. The summed E-state index contributed by atoms with van der Waals surface area (Å²) >= 11 is 1.88. The van der Waals surface area contributed by atoms with Crippen LogP contribution in [-0.2, 0) is 0 Å². The number of aromatic nitrogens is 2. The van der Waals surface area contributed by atoms with Gasteiger partial charge in [0.1, 0.15) is 0 Å². The summed E-state index contributed by atoms with van der Waals surface area (Å²) in [6.45, 7) is 0. The van der Waals surface area contributed by atoms with Gasteiger partial charge in [0.2, 0.25) is 0 Å². The molecule has 0 aliphatic carbocycles. The van der Waals surface area contributed by atoms with Gasteiger partial charge in [-0.15, -0.1) is 11.3 Å². The zero-order chi connectivity index (χ0) is 29.5. The molecule has 3 heterocycles. The van der Waals surface area contributed by atoms with Crippen molar-refractivity contribution >= 4 is 75.1 Å².